The molecule has 5 nitrogen and oxygen atoms in total. The van der Waals surface area contributed by atoms with E-state index in [4.69, 9.17) is 0 Å². The van der Waals surface area contributed by atoms with Crippen LogP contribution < -0.4 is 0 Å². The number of aryl methyl sites for hydroxylation is 3. The molecule has 0 saturated carbocycles. The van der Waals surface area contributed by atoms with Gasteiger partial charge in [0.15, 0.2) is 5.82 Å². The van der Waals surface area contributed by atoms with Crippen molar-refractivity contribution in [2.45, 2.75) is 47.5 Å². The van der Waals surface area contributed by atoms with Crippen molar-refractivity contribution in [3.63, 3.8) is 0 Å². The normalized spacial score (nSPS) is 9.39. The van der Waals surface area contributed by atoms with E-state index in [0.717, 1.165) is 30.2 Å². The van der Waals surface area contributed by atoms with E-state index in [-0.39, 0.29) is 8.33 Å². The van der Waals surface area contributed by atoms with Gasteiger partial charge < -0.3 is 10.5 Å². The van der Waals surface area contributed by atoms with E-state index in [9.17, 15) is 0 Å². The molecule has 2 heterocycles. The van der Waals surface area contributed by atoms with E-state index in [0.29, 0.717) is 0 Å². The maximum Gasteiger partial charge on any atom is 0.197 e. The standard InChI is InChI=1S/C11H16N4.C2H6.H2O.2H2/c1-4-8-6-10(13-9(8)5-2)11-12-7(3)14-15-11;1-2;;;/h6,13H,4-5H2,1-3H3,(H,12,14,15);1-2H3;1H2;2*1H. The van der Waals surface area contributed by atoms with Gasteiger partial charge in [-0.15, -0.1) is 0 Å². The second-order valence-corrected chi connectivity index (χ2v) is 3.64. The third-order valence-corrected chi connectivity index (χ3v) is 2.56. The lowest BCUT2D eigenvalue weighted by Gasteiger charge is -1.94. The predicted molar refractivity (Wildman–Crippen MR) is 78.9 cm³/mol. The summed E-state index contributed by atoms with van der Waals surface area (Å²) in [5.74, 6) is 1.59. The summed E-state index contributed by atoms with van der Waals surface area (Å²) in [6.45, 7) is 10.2. The Bertz CT molecular complexity index is 447. The van der Waals surface area contributed by atoms with E-state index in [1.54, 1.807) is 0 Å². The van der Waals surface area contributed by atoms with Crippen molar-refractivity contribution in [3.8, 4) is 11.5 Å². The summed E-state index contributed by atoms with van der Waals surface area (Å²) in [6, 6.07) is 2.14. The van der Waals surface area contributed by atoms with Crippen LogP contribution in [0.2, 0.25) is 0 Å². The molecule has 0 saturated heterocycles. The number of hydrogen-bond donors (Lipinski definition) is 2. The number of aromatic nitrogens is 4. The first-order valence-corrected chi connectivity index (χ1v) is 6.34. The number of H-pyrrole nitrogens is 2. The Morgan fingerprint density at radius 3 is 2.28 bits per heavy atom. The quantitative estimate of drug-likeness (QED) is 0.884. The molecule has 0 aromatic carbocycles. The maximum atomic E-state index is 4.31. The van der Waals surface area contributed by atoms with E-state index in [2.05, 4.69) is 40.1 Å². The van der Waals surface area contributed by atoms with Crippen molar-refractivity contribution in [1.82, 2.24) is 20.2 Å². The third-order valence-electron chi connectivity index (χ3n) is 2.56. The second-order valence-electron chi connectivity index (χ2n) is 3.64. The maximum absolute atomic E-state index is 4.31. The summed E-state index contributed by atoms with van der Waals surface area (Å²) in [7, 11) is 0. The molecule has 0 amide bonds. The first kappa shape index (κ1) is 16.4. The Hall–Kier alpha value is -1.62. The van der Waals surface area contributed by atoms with Crippen LogP contribution in [0.3, 0.4) is 0 Å². The predicted octanol–water partition coefficient (Wildman–Crippen LogP) is 2.93. The molecular formula is C13H28N4O. The van der Waals surface area contributed by atoms with Crippen LogP contribution in [0.4, 0.5) is 0 Å². The van der Waals surface area contributed by atoms with Gasteiger partial charge in [0, 0.05) is 8.55 Å². The molecule has 2 rings (SSSR count). The minimum Gasteiger partial charge on any atom is -0.412 e. The van der Waals surface area contributed by atoms with Crippen LogP contribution in [-0.2, 0) is 12.8 Å². The number of nitrogens with zero attached hydrogens (tertiary/aromatic N) is 2. The summed E-state index contributed by atoms with van der Waals surface area (Å²) in [6.07, 6.45) is 2.07. The number of aromatic amines is 2. The second kappa shape index (κ2) is 7.66. The lowest BCUT2D eigenvalue weighted by atomic mass is 10.1. The molecule has 0 bridgehead atoms. The SMILES string of the molecule is CC.CCc1cc(-c2n[nH]c(C)n2)[nH]c1CC.O.[HH].[HH]. The molecule has 0 radical (unpaired) electrons. The van der Waals surface area contributed by atoms with E-state index >= 15 is 0 Å². The molecule has 18 heavy (non-hydrogen) atoms. The number of hydrogen-bond acceptors (Lipinski definition) is 2. The number of rotatable bonds is 3. The topological polar surface area (TPSA) is 88.9 Å². The molecule has 0 atom stereocenters. The molecule has 5 heteroatoms. The van der Waals surface area contributed by atoms with Crippen molar-refractivity contribution < 1.29 is 8.33 Å². The molecular weight excluding hydrogens is 228 g/mol. The van der Waals surface area contributed by atoms with Crippen molar-refractivity contribution >= 4 is 0 Å². The van der Waals surface area contributed by atoms with Gasteiger partial charge in [-0.2, -0.15) is 5.10 Å². The Labute approximate surface area is 111 Å². The highest BCUT2D eigenvalue weighted by Gasteiger charge is 2.09. The van der Waals surface area contributed by atoms with Crippen LogP contribution in [0.15, 0.2) is 6.07 Å². The number of nitrogens with one attached hydrogen (secondary N) is 2. The molecule has 4 N–H and O–H groups in total. The van der Waals surface area contributed by atoms with Gasteiger partial charge in [-0.25, -0.2) is 4.98 Å². The molecule has 0 unspecified atom stereocenters. The van der Waals surface area contributed by atoms with Crippen LogP contribution in [0.1, 0.15) is 47.6 Å². The zero-order chi connectivity index (χ0) is 12.8. The minimum absolute atomic E-state index is 0. The van der Waals surface area contributed by atoms with Gasteiger partial charge in [-0.1, -0.05) is 27.7 Å². The van der Waals surface area contributed by atoms with E-state index in [1.165, 1.54) is 11.3 Å². The molecule has 106 valence electrons. The Kier molecular flexibility index (Phi) is 6.97. The molecule has 0 aliphatic heterocycles. The van der Waals surface area contributed by atoms with Crippen molar-refractivity contribution in [3.05, 3.63) is 23.1 Å². The van der Waals surface area contributed by atoms with Gasteiger partial charge in [0.1, 0.15) is 5.82 Å². The minimum atomic E-state index is 0. The zero-order valence-electron chi connectivity index (χ0n) is 11.9. The average molecular weight is 256 g/mol. The monoisotopic (exact) mass is 256 g/mol. The van der Waals surface area contributed by atoms with Crippen LogP contribution >= 0.6 is 0 Å². The summed E-state index contributed by atoms with van der Waals surface area (Å²) < 4.78 is 0. The Balaban J connectivity index is -0.000000553. The largest absolute Gasteiger partial charge is 0.412 e. The molecule has 0 aliphatic rings. The van der Waals surface area contributed by atoms with Crippen LogP contribution in [0.5, 0.6) is 0 Å². The molecule has 2 aromatic rings. The van der Waals surface area contributed by atoms with Crippen molar-refractivity contribution in [2.75, 3.05) is 0 Å². The van der Waals surface area contributed by atoms with Crippen LogP contribution in [0, 0.1) is 6.92 Å². The van der Waals surface area contributed by atoms with E-state index in [1.807, 2.05) is 20.8 Å². The third kappa shape index (κ3) is 3.43. The fourth-order valence-corrected chi connectivity index (χ4v) is 1.75. The van der Waals surface area contributed by atoms with Crippen LogP contribution in [-0.4, -0.2) is 25.6 Å². The summed E-state index contributed by atoms with van der Waals surface area (Å²) >= 11 is 0. The molecule has 0 spiro atoms. The molecule has 0 fully saturated rings. The van der Waals surface area contributed by atoms with Crippen LogP contribution in [0.25, 0.3) is 11.5 Å². The zero-order valence-corrected chi connectivity index (χ0v) is 11.9. The highest BCUT2D eigenvalue weighted by atomic mass is 16.0. The molecule has 2 aromatic heterocycles. The summed E-state index contributed by atoms with van der Waals surface area (Å²) in [4.78, 5) is 7.67. The average Bonchev–Trinajstić information content (AvgIpc) is 2.96. The summed E-state index contributed by atoms with van der Waals surface area (Å²) in [5.41, 5.74) is 3.65. The van der Waals surface area contributed by atoms with Gasteiger partial charge in [-0.3, -0.25) is 5.10 Å². The molecule has 0 aliphatic carbocycles. The van der Waals surface area contributed by atoms with Crippen molar-refractivity contribution in [1.29, 1.82) is 0 Å². The first-order chi connectivity index (χ1) is 8.24. The lowest BCUT2D eigenvalue weighted by molar-refractivity contribution is 0.824. The fourth-order valence-electron chi connectivity index (χ4n) is 1.75. The van der Waals surface area contributed by atoms with Gasteiger partial charge in [0.05, 0.1) is 5.69 Å². The Morgan fingerprint density at radius 1 is 1.22 bits per heavy atom. The van der Waals surface area contributed by atoms with E-state index < -0.39 is 0 Å². The van der Waals surface area contributed by atoms with Gasteiger partial charge >= 0.3 is 0 Å². The van der Waals surface area contributed by atoms with Gasteiger partial charge in [-0.05, 0) is 31.4 Å². The van der Waals surface area contributed by atoms with Gasteiger partial charge in [0.2, 0.25) is 0 Å². The smallest absolute Gasteiger partial charge is 0.197 e. The van der Waals surface area contributed by atoms with Crippen molar-refractivity contribution in [2.24, 2.45) is 0 Å². The summed E-state index contributed by atoms with van der Waals surface area (Å²) in [5, 5.41) is 6.99. The fraction of sp³-hybridized carbons (Fsp3) is 0.538. The lowest BCUT2D eigenvalue weighted by Crippen LogP contribution is -1.86. The first-order valence-electron chi connectivity index (χ1n) is 6.34. The highest BCUT2D eigenvalue weighted by Crippen LogP contribution is 2.19. The Morgan fingerprint density at radius 2 is 1.89 bits per heavy atom. The van der Waals surface area contributed by atoms with Gasteiger partial charge in [0.25, 0.3) is 0 Å². The highest BCUT2D eigenvalue weighted by molar-refractivity contribution is 5.52.